The van der Waals surface area contributed by atoms with Crippen molar-refractivity contribution in [1.82, 2.24) is 10.2 Å². The van der Waals surface area contributed by atoms with E-state index in [1.54, 1.807) is 0 Å². The van der Waals surface area contributed by atoms with Crippen LogP contribution in [0.3, 0.4) is 0 Å². The van der Waals surface area contributed by atoms with Gasteiger partial charge in [0.1, 0.15) is 0 Å². The van der Waals surface area contributed by atoms with Gasteiger partial charge in [-0.05, 0) is 44.7 Å². The van der Waals surface area contributed by atoms with E-state index >= 15 is 0 Å². The summed E-state index contributed by atoms with van der Waals surface area (Å²) in [6, 6.07) is 1.67. The van der Waals surface area contributed by atoms with E-state index in [-0.39, 0.29) is 0 Å². The maximum atomic E-state index is 3.84. The van der Waals surface area contributed by atoms with E-state index in [4.69, 9.17) is 0 Å². The van der Waals surface area contributed by atoms with Crippen molar-refractivity contribution in [1.29, 1.82) is 0 Å². The quantitative estimate of drug-likeness (QED) is 0.672. The summed E-state index contributed by atoms with van der Waals surface area (Å²) >= 11 is 0. The molecular weight excluding hydrogens is 232 g/mol. The van der Waals surface area contributed by atoms with Crippen molar-refractivity contribution in [3.8, 4) is 0 Å². The predicted molar refractivity (Wildman–Crippen MR) is 83.5 cm³/mol. The van der Waals surface area contributed by atoms with Crippen molar-refractivity contribution in [2.75, 3.05) is 19.6 Å². The molecule has 0 bridgehead atoms. The van der Waals surface area contributed by atoms with Crippen LogP contribution in [0.5, 0.6) is 0 Å². The second-order valence-electron chi connectivity index (χ2n) is 7.05. The third-order valence-corrected chi connectivity index (χ3v) is 4.97. The Kier molecular flexibility index (Phi) is 6.66. The first-order valence-electron chi connectivity index (χ1n) is 8.75. The van der Waals surface area contributed by atoms with Gasteiger partial charge in [-0.15, -0.1) is 0 Å². The molecule has 0 aromatic carbocycles. The second-order valence-corrected chi connectivity index (χ2v) is 7.05. The van der Waals surface area contributed by atoms with Gasteiger partial charge in [0.2, 0.25) is 0 Å². The summed E-state index contributed by atoms with van der Waals surface area (Å²) in [5.74, 6) is 0.883. The summed E-state index contributed by atoms with van der Waals surface area (Å²) < 4.78 is 0. The molecule has 2 aliphatic heterocycles. The van der Waals surface area contributed by atoms with E-state index < -0.39 is 0 Å². The molecule has 1 N–H and O–H groups in total. The van der Waals surface area contributed by atoms with Crippen LogP contribution >= 0.6 is 0 Å². The summed E-state index contributed by atoms with van der Waals surface area (Å²) in [5, 5.41) is 3.84. The van der Waals surface area contributed by atoms with Gasteiger partial charge in [-0.2, -0.15) is 0 Å². The number of nitrogens with zero attached hydrogens (tertiary/aromatic N) is 1. The van der Waals surface area contributed by atoms with E-state index in [0.717, 1.165) is 18.0 Å². The predicted octanol–water partition coefficient (Wildman–Crippen LogP) is 3.81. The number of piperidine rings is 1. The summed E-state index contributed by atoms with van der Waals surface area (Å²) in [4.78, 5) is 2.73. The fourth-order valence-corrected chi connectivity index (χ4v) is 3.80. The Morgan fingerprint density at radius 1 is 1.00 bits per heavy atom. The number of nitrogens with one attached hydrogen (secondary N) is 1. The molecule has 0 spiro atoms. The van der Waals surface area contributed by atoms with Crippen molar-refractivity contribution in [2.24, 2.45) is 5.92 Å². The maximum Gasteiger partial charge on any atom is 0.0249 e. The first kappa shape index (κ1) is 15.3. The van der Waals surface area contributed by atoms with Gasteiger partial charge in [-0.1, -0.05) is 46.0 Å². The standard InChI is InChI=1S/C17H34N2/c1-15(2)9-5-3-4-7-12-18-16-11-14-19-13-8-6-10-17(16)19/h15-18H,3-14H2,1-2H3. The number of unbranched alkanes of at least 4 members (excludes halogenated alkanes) is 3. The zero-order chi connectivity index (χ0) is 13.5. The van der Waals surface area contributed by atoms with Crippen LogP contribution in [-0.2, 0) is 0 Å². The lowest BCUT2D eigenvalue weighted by atomic mass is 9.99. The Balaban J connectivity index is 1.49. The largest absolute Gasteiger partial charge is 0.312 e. The lowest BCUT2D eigenvalue weighted by Crippen LogP contribution is -2.45. The van der Waals surface area contributed by atoms with E-state index in [1.807, 2.05) is 0 Å². The first-order valence-corrected chi connectivity index (χ1v) is 8.75. The van der Waals surface area contributed by atoms with E-state index in [0.29, 0.717) is 0 Å². The fourth-order valence-electron chi connectivity index (χ4n) is 3.80. The Labute approximate surface area is 120 Å². The molecule has 0 saturated carbocycles. The lowest BCUT2D eigenvalue weighted by Gasteiger charge is -2.32. The van der Waals surface area contributed by atoms with Gasteiger partial charge >= 0.3 is 0 Å². The molecule has 2 atom stereocenters. The van der Waals surface area contributed by atoms with Gasteiger partial charge in [0, 0.05) is 18.6 Å². The van der Waals surface area contributed by atoms with Crippen molar-refractivity contribution < 1.29 is 0 Å². The number of hydrogen-bond donors (Lipinski definition) is 1. The Morgan fingerprint density at radius 3 is 2.68 bits per heavy atom. The highest BCUT2D eigenvalue weighted by Gasteiger charge is 2.34. The van der Waals surface area contributed by atoms with Gasteiger partial charge in [0.25, 0.3) is 0 Å². The monoisotopic (exact) mass is 266 g/mol. The fraction of sp³-hybridized carbons (Fsp3) is 1.00. The molecule has 0 amide bonds. The maximum absolute atomic E-state index is 3.84. The van der Waals surface area contributed by atoms with E-state index in [9.17, 15) is 0 Å². The van der Waals surface area contributed by atoms with Crippen LogP contribution in [0.4, 0.5) is 0 Å². The molecule has 2 heteroatoms. The molecule has 2 saturated heterocycles. The minimum atomic E-state index is 0.802. The molecule has 19 heavy (non-hydrogen) atoms. The number of hydrogen-bond acceptors (Lipinski definition) is 2. The molecular formula is C17H34N2. The summed E-state index contributed by atoms with van der Waals surface area (Å²) in [7, 11) is 0. The molecule has 2 rings (SSSR count). The Bertz CT molecular complexity index is 239. The van der Waals surface area contributed by atoms with Crippen LogP contribution in [-0.4, -0.2) is 36.6 Å². The second kappa shape index (κ2) is 8.26. The molecule has 0 aromatic heterocycles. The molecule has 2 heterocycles. The SMILES string of the molecule is CC(C)CCCCCCNC1CCN2CCCCC12. The topological polar surface area (TPSA) is 15.3 Å². The van der Waals surface area contributed by atoms with Gasteiger partial charge in [0.15, 0.2) is 0 Å². The summed E-state index contributed by atoms with van der Waals surface area (Å²) in [6.45, 7) is 8.61. The van der Waals surface area contributed by atoms with Crippen LogP contribution in [0.15, 0.2) is 0 Å². The average molecular weight is 266 g/mol. The highest BCUT2D eigenvalue weighted by atomic mass is 15.2. The number of rotatable bonds is 8. The lowest BCUT2D eigenvalue weighted by molar-refractivity contribution is 0.180. The van der Waals surface area contributed by atoms with Crippen molar-refractivity contribution in [2.45, 2.75) is 83.7 Å². The zero-order valence-electron chi connectivity index (χ0n) is 13.2. The summed E-state index contributed by atoms with van der Waals surface area (Å²) in [5.41, 5.74) is 0. The molecule has 0 aliphatic carbocycles. The van der Waals surface area contributed by atoms with E-state index in [2.05, 4.69) is 24.1 Å². The Morgan fingerprint density at radius 2 is 1.84 bits per heavy atom. The molecule has 112 valence electrons. The number of fused-ring (bicyclic) bond motifs is 1. The molecule has 0 radical (unpaired) electrons. The first-order chi connectivity index (χ1) is 9.27. The molecule has 0 aromatic rings. The molecule has 2 nitrogen and oxygen atoms in total. The van der Waals surface area contributed by atoms with Crippen molar-refractivity contribution in [3.05, 3.63) is 0 Å². The molecule has 2 fully saturated rings. The highest BCUT2D eigenvalue weighted by molar-refractivity contribution is 4.93. The smallest absolute Gasteiger partial charge is 0.0249 e. The Hall–Kier alpha value is -0.0800. The van der Waals surface area contributed by atoms with Gasteiger partial charge in [0.05, 0.1) is 0 Å². The van der Waals surface area contributed by atoms with Gasteiger partial charge < -0.3 is 5.32 Å². The van der Waals surface area contributed by atoms with Crippen LogP contribution in [0.1, 0.15) is 71.6 Å². The minimum absolute atomic E-state index is 0.802. The average Bonchev–Trinajstić information content (AvgIpc) is 2.81. The van der Waals surface area contributed by atoms with Crippen LogP contribution in [0.25, 0.3) is 0 Å². The normalized spacial score (nSPS) is 27.9. The van der Waals surface area contributed by atoms with Gasteiger partial charge in [-0.3, -0.25) is 4.90 Å². The van der Waals surface area contributed by atoms with Crippen LogP contribution < -0.4 is 5.32 Å². The van der Waals surface area contributed by atoms with E-state index in [1.165, 1.54) is 77.4 Å². The molecule has 2 aliphatic rings. The van der Waals surface area contributed by atoms with Crippen LogP contribution in [0.2, 0.25) is 0 Å². The van der Waals surface area contributed by atoms with Crippen LogP contribution in [0, 0.1) is 5.92 Å². The molecule has 2 unspecified atom stereocenters. The summed E-state index contributed by atoms with van der Waals surface area (Å²) in [6.07, 6.45) is 12.8. The highest BCUT2D eigenvalue weighted by Crippen LogP contribution is 2.27. The van der Waals surface area contributed by atoms with Crippen molar-refractivity contribution in [3.63, 3.8) is 0 Å². The van der Waals surface area contributed by atoms with Gasteiger partial charge in [-0.25, -0.2) is 0 Å². The zero-order valence-corrected chi connectivity index (χ0v) is 13.2. The third-order valence-electron chi connectivity index (χ3n) is 4.97. The van der Waals surface area contributed by atoms with Crippen molar-refractivity contribution >= 4 is 0 Å². The minimum Gasteiger partial charge on any atom is -0.312 e. The third kappa shape index (κ3) is 5.07.